The van der Waals surface area contributed by atoms with Crippen LogP contribution in [0.25, 0.3) is 0 Å². The van der Waals surface area contributed by atoms with Crippen LogP contribution < -0.4 is 9.47 Å². The average molecular weight is 353 g/mol. The van der Waals surface area contributed by atoms with Gasteiger partial charge in [0.2, 0.25) is 0 Å². The molecule has 0 N–H and O–H groups in total. The van der Waals surface area contributed by atoms with Gasteiger partial charge in [-0.05, 0) is 47.8 Å². The summed E-state index contributed by atoms with van der Waals surface area (Å²) in [5.41, 5.74) is 1.50. The van der Waals surface area contributed by atoms with Crippen molar-refractivity contribution < 1.29 is 9.47 Å². The van der Waals surface area contributed by atoms with Gasteiger partial charge in [-0.15, -0.1) is 0 Å². The zero-order valence-corrected chi connectivity index (χ0v) is 14.8. The summed E-state index contributed by atoms with van der Waals surface area (Å²) in [6.45, 7) is 8.40. The Hall–Kier alpha value is -0.700. The maximum absolute atomic E-state index is 5.75. The van der Waals surface area contributed by atoms with Crippen LogP contribution in [0.5, 0.6) is 11.5 Å². The molecule has 2 aliphatic rings. The molecule has 0 saturated heterocycles. The summed E-state index contributed by atoms with van der Waals surface area (Å²) in [6, 6.07) is 6.47. The second kappa shape index (κ2) is 5.83. The SMILES string of the molecule is CC1CCC(C(C)(C)c2ccc3c(c2)OCCO3)C(Br)C1. The molecule has 0 bridgehead atoms. The molecule has 1 saturated carbocycles. The van der Waals surface area contributed by atoms with Crippen molar-refractivity contribution in [1.29, 1.82) is 0 Å². The van der Waals surface area contributed by atoms with Crippen LogP contribution in [0.3, 0.4) is 0 Å². The van der Waals surface area contributed by atoms with E-state index in [0.717, 1.165) is 17.4 Å². The Morgan fingerprint density at radius 2 is 1.81 bits per heavy atom. The van der Waals surface area contributed by atoms with E-state index in [1.165, 1.54) is 24.8 Å². The number of ether oxygens (including phenoxy) is 2. The summed E-state index contributed by atoms with van der Waals surface area (Å²) in [6.07, 6.45) is 3.90. The van der Waals surface area contributed by atoms with Crippen LogP contribution in [0.1, 0.15) is 45.6 Å². The van der Waals surface area contributed by atoms with Crippen LogP contribution in [-0.2, 0) is 5.41 Å². The molecule has 3 rings (SSSR count). The lowest BCUT2D eigenvalue weighted by molar-refractivity contribution is 0.170. The Balaban J connectivity index is 1.87. The third-order valence-electron chi connectivity index (χ3n) is 5.25. The number of rotatable bonds is 2. The van der Waals surface area contributed by atoms with Gasteiger partial charge in [0.1, 0.15) is 13.2 Å². The molecule has 21 heavy (non-hydrogen) atoms. The van der Waals surface area contributed by atoms with Gasteiger partial charge in [-0.25, -0.2) is 0 Å². The van der Waals surface area contributed by atoms with Crippen molar-refractivity contribution in [3.05, 3.63) is 23.8 Å². The third kappa shape index (κ3) is 2.94. The Morgan fingerprint density at radius 1 is 1.10 bits per heavy atom. The van der Waals surface area contributed by atoms with Gasteiger partial charge >= 0.3 is 0 Å². The quantitative estimate of drug-likeness (QED) is 0.702. The van der Waals surface area contributed by atoms with E-state index in [0.29, 0.717) is 24.0 Å². The molecule has 0 radical (unpaired) electrons. The molecule has 0 aromatic heterocycles. The standard InChI is InChI=1S/C18H25BrO2/c1-12-4-6-14(15(19)10-12)18(2,3)13-5-7-16-17(11-13)21-9-8-20-16/h5,7,11-12,14-15H,4,6,8-10H2,1-3H3. The van der Waals surface area contributed by atoms with Crippen molar-refractivity contribution in [2.45, 2.75) is 50.3 Å². The fraction of sp³-hybridized carbons (Fsp3) is 0.667. The highest BCUT2D eigenvalue weighted by atomic mass is 79.9. The zero-order chi connectivity index (χ0) is 15.0. The monoisotopic (exact) mass is 352 g/mol. The summed E-state index contributed by atoms with van der Waals surface area (Å²) < 4.78 is 11.4. The molecule has 2 nitrogen and oxygen atoms in total. The van der Waals surface area contributed by atoms with E-state index in [1.807, 2.05) is 0 Å². The number of alkyl halides is 1. The molecule has 1 aliphatic heterocycles. The van der Waals surface area contributed by atoms with Crippen molar-refractivity contribution in [2.24, 2.45) is 11.8 Å². The van der Waals surface area contributed by atoms with E-state index in [2.05, 4.69) is 54.9 Å². The predicted molar refractivity (Wildman–Crippen MR) is 89.7 cm³/mol. The largest absolute Gasteiger partial charge is 0.486 e. The number of hydrogen-bond donors (Lipinski definition) is 0. The van der Waals surface area contributed by atoms with Crippen molar-refractivity contribution in [2.75, 3.05) is 13.2 Å². The molecular formula is C18H25BrO2. The van der Waals surface area contributed by atoms with Gasteiger partial charge < -0.3 is 9.47 Å². The number of halogens is 1. The van der Waals surface area contributed by atoms with Gasteiger partial charge in [0.25, 0.3) is 0 Å². The van der Waals surface area contributed by atoms with E-state index in [9.17, 15) is 0 Å². The van der Waals surface area contributed by atoms with Crippen molar-refractivity contribution in [3.63, 3.8) is 0 Å². The normalized spacial score (nSPS) is 29.2. The lowest BCUT2D eigenvalue weighted by atomic mass is 9.66. The van der Waals surface area contributed by atoms with E-state index >= 15 is 0 Å². The summed E-state index contributed by atoms with van der Waals surface area (Å²) in [5.74, 6) is 3.29. The van der Waals surface area contributed by atoms with Crippen molar-refractivity contribution in [1.82, 2.24) is 0 Å². The zero-order valence-electron chi connectivity index (χ0n) is 13.2. The average Bonchev–Trinajstić information content (AvgIpc) is 2.46. The van der Waals surface area contributed by atoms with E-state index < -0.39 is 0 Å². The van der Waals surface area contributed by atoms with Gasteiger partial charge in [0.15, 0.2) is 11.5 Å². The van der Waals surface area contributed by atoms with Crippen LogP contribution >= 0.6 is 15.9 Å². The predicted octanol–water partition coefficient (Wildman–Crippen LogP) is 4.94. The highest BCUT2D eigenvalue weighted by Gasteiger charge is 2.39. The third-order valence-corrected chi connectivity index (χ3v) is 6.26. The van der Waals surface area contributed by atoms with Gasteiger partial charge in [-0.3, -0.25) is 0 Å². The summed E-state index contributed by atoms with van der Waals surface area (Å²) in [4.78, 5) is 0.601. The second-order valence-corrected chi connectivity index (χ2v) is 8.30. The van der Waals surface area contributed by atoms with E-state index in [4.69, 9.17) is 9.47 Å². The molecule has 1 aromatic rings. The maximum Gasteiger partial charge on any atom is 0.161 e. The Bertz CT molecular complexity index is 512. The van der Waals surface area contributed by atoms with Crippen molar-refractivity contribution in [3.8, 4) is 11.5 Å². The molecule has 1 aliphatic carbocycles. The first-order valence-corrected chi connectivity index (χ1v) is 8.94. The van der Waals surface area contributed by atoms with Crippen molar-refractivity contribution >= 4 is 15.9 Å². The highest BCUT2D eigenvalue weighted by Crippen LogP contribution is 2.46. The Morgan fingerprint density at radius 3 is 2.52 bits per heavy atom. The molecule has 0 spiro atoms. The van der Waals surface area contributed by atoms with Crippen LogP contribution in [0.2, 0.25) is 0 Å². The Kier molecular flexibility index (Phi) is 4.22. The fourth-order valence-electron chi connectivity index (χ4n) is 3.78. The minimum Gasteiger partial charge on any atom is -0.486 e. The number of hydrogen-bond acceptors (Lipinski definition) is 2. The minimum absolute atomic E-state index is 0.143. The molecule has 1 fully saturated rings. The molecule has 0 amide bonds. The second-order valence-electron chi connectivity index (χ2n) is 7.12. The summed E-state index contributed by atoms with van der Waals surface area (Å²) >= 11 is 3.95. The van der Waals surface area contributed by atoms with Gasteiger partial charge in [-0.1, -0.05) is 49.2 Å². The first-order valence-electron chi connectivity index (χ1n) is 8.02. The van der Waals surface area contributed by atoms with Gasteiger partial charge in [-0.2, -0.15) is 0 Å². The molecule has 3 atom stereocenters. The van der Waals surface area contributed by atoms with Crippen LogP contribution in [0.4, 0.5) is 0 Å². The first-order chi connectivity index (χ1) is 9.98. The first kappa shape index (κ1) is 15.2. The lowest BCUT2D eigenvalue weighted by Crippen LogP contribution is -2.38. The molecule has 3 unspecified atom stereocenters. The molecule has 3 heteroatoms. The molecular weight excluding hydrogens is 328 g/mol. The topological polar surface area (TPSA) is 18.5 Å². The van der Waals surface area contributed by atoms with Crippen LogP contribution in [0, 0.1) is 11.8 Å². The fourth-order valence-corrected chi connectivity index (χ4v) is 5.35. The van der Waals surface area contributed by atoms with E-state index in [1.54, 1.807) is 0 Å². The molecule has 1 aromatic carbocycles. The van der Waals surface area contributed by atoms with Crippen LogP contribution in [-0.4, -0.2) is 18.0 Å². The van der Waals surface area contributed by atoms with Crippen LogP contribution in [0.15, 0.2) is 18.2 Å². The van der Waals surface area contributed by atoms with Gasteiger partial charge in [0, 0.05) is 4.83 Å². The summed E-state index contributed by atoms with van der Waals surface area (Å²) in [7, 11) is 0. The lowest BCUT2D eigenvalue weighted by Gasteiger charge is -2.42. The van der Waals surface area contributed by atoms with E-state index in [-0.39, 0.29) is 5.41 Å². The summed E-state index contributed by atoms with van der Waals surface area (Å²) in [5, 5.41) is 0. The van der Waals surface area contributed by atoms with Gasteiger partial charge in [0.05, 0.1) is 0 Å². The smallest absolute Gasteiger partial charge is 0.161 e. The minimum atomic E-state index is 0.143. The number of benzene rings is 1. The molecule has 1 heterocycles. The Labute approximate surface area is 136 Å². The molecule has 116 valence electrons. The maximum atomic E-state index is 5.75. The number of fused-ring (bicyclic) bond motifs is 1. The highest BCUT2D eigenvalue weighted by molar-refractivity contribution is 9.09.